The molecule has 0 amide bonds. The summed E-state index contributed by atoms with van der Waals surface area (Å²) in [5.74, 6) is 0.610. The van der Waals surface area contributed by atoms with Crippen molar-refractivity contribution in [1.82, 2.24) is 19.5 Å². The van der Waals surface area contributed by atoms with Gasteiger partial charge in [0.1, 0.15) is 18.5 Å². The first-order valence-electron chi connectivity index (χ1n) is 10.7. The summed E-state index contributed by atoms with van der Waals surface area (Å²) in [5, 5.41) is 24.4. The van der Waals surface area contributed by atoms with E-state index in [9.17, 15) is 10.2 Å². The van der Waals surface area contributed by atoms with Crippen LogP contribution in [0.15, 0.2) is 12.7 Å². The van der Waals surface area contributed by atoms with Crippen LogP contribution in [0.1, 0.15) is 25.5 Å². The largest absolute Gasteiger partial charge is 0.388 e. The number of hydrogen-bond donors (Lipinski definition) is 4. The van der Waals surface area contributed by atoms with E-state index in [4.69, 9.17) is 15.2 Å². The van der Waals surface area contributed by atoms with Crippen LogP contribution in [0, 0.1) is 0 Å². The van der Waals surface area contributed by atoms with Gasteiger partial charge in [0.25, 0.3) is 0 Å². The van der Waals surface area contributed by atoms with Crippen molar-refractivity contribution in [2.75, 3.05) is 51.1 Å². The summed E-state index contributed by atoms with van der Waals surface area (Å²) in [4.78, 5) is 13.0. The van der Waals surface area contributed by atoms with Gasteiger partial charge in [-0.3, -0.25) is 4.57 Å². The summed E-state index contributed by atoms with van der Waals surface area (Å²) in [7, 11) is 0. The molecular formula is C20H35N6O4P. The minimum atomic E-state index is -1.25. The normalized spacial score (nSPS) is 24.2. The van der Waals surface area contributed by atoms with E-state index >= 15 is 0 Å². The molecule has 11 heteroatoms. The molecule has 1 saturated heterocycles. The molecular weight excluding hydrogens is 419 g/mol. The second kappa shape index (κ2) is 10.8. The van der Waals surface area contributed by atoms with Gasteiger partial charge in [0.2, 0.25) is 0 Å². The van der Waals surface area contributed by atoms with Gasteiger partial charge in [0.05, 0.1) is 12.4 Å². The summed E-state index contributed by atoms with van der Waals surface area (Å²) >= 11 is 0. The average Bonchev–Trinajstić information content (AvgIpc) is 3.27. The van der Waals surface area contributed by atoms with Gasteiger partial charge in [-0.25, -0.2) is 15.0 Å². The molecule has 1 aliphatic rings. The number of imidazole rings is 1. The molecule has 3 heterocycles. The first kappa shape index (κ1) is 24.1. The number of ether oxygens (including phenoxy) is 2. The van der Waals surface area contributed by atoms with Crippen molar-refractivity contribution >= 4 is 30.2 Å². The molecule has 2 aromatic heterocycles. The number of aliphatic hydroxyl groups is 2. The van der Waals surface area contributed by atoms with E-state index < -0.39 is 31.4 Å². The van der Waals surface area contributed by atoms with Crippen molar-refractivity contribution in [3.05, 3.63) is 12.7 Å². The average molecular weight is 455 g/mol. The number of aromatic nitrogens is 4. The minimum absolute atomic E-state index is 0.447. The molecule has 1 unspecified atom stereocenters. The van der Waals surface area contributed by atoms with Crippen molar-refractivity contribution in [3.8, 4) is 0 Å². The van der Waals surface area contributed by atoms with Crippen LogP contribution in [0.5, 0.6) is 0 Å². The summed E-state index contributed by atoms with van der Waals surface area (Å²) in [6, 6.07) is 0. The van der Waals surface area contributed by atoms with E-state index in [-0.39, 0.29) is 0 Å². The topological polar surface area (TPSA) is 141 Å². The van der Waals surface area contributed by atoms with E-state index in [0.717, 1.165) is 19.0 Å². The molecule has 4 atom stereocenters. The quantitative estimate of drug-likeness (QED) is 0.270. The molecule has 5 N–H and O–H groups in total. The number of nitrogens with zero attached hydrogens (tertiary/aromatic N) is 4. The Hall–Kier alpha value is -1.55. The molecule has 0 aromatic carbocycles. The highest BCUT2D eigenvalue weighted by molar-refractivity contribution is 7.72. The van der Waals surface area contributed by atoms with Crippen LogP contribution in [0.4, 0.5) is 5.82 Å². The van der Waals surface area contributed by atoms with E-state index in [1.165, 1.54) is 6.33 Å². The van der Waals surface area contributed by atoms with E-state index in [2.05, 4.69) is 39.9 Å². The van der Waals surface area contributed by atoms with Crippen LogP contribution in [0.25, 0.3) is 11.2 Å². The van der Waals surface area contributed by atoms with Crippen molar-refractivity contribution in [2.45, 2.75) is 43.8 Å². The first-order valence-corrected chi connectivity index (χ1v) is 13.8. The molecule has 31 heavy (non-hydrogen) atoms. The Morgan fingerprint density at radius 3 is 2.74 bits per heavy atom. The maximum atomic E-state index is 10.6. The smallest absolute Gasteiger partial charge is 0.167 e. The first-order chi connectivity index (χ1) is 14.8. The summed E-state index contributed by atoms with van der Waals surface area (Å²) in [5.41, 5.74) is 6.57. The summed E-state index contributed by atoms with van der Waals surface area (Å²) < 4.78 is 13.2. The predicted molar refractivity (Wildman–Crippen MR) is 124 cm³/mol. The Morgan fingerprint density at radius 1 is 1.23 bits per heavy atom. The lowest BCUT2D eigenvalue weighted by molar-refractivity contribution is -0.0353. The maximum Gasteiger partial charge on any atom is 0.167 e. The second-order valence-corrected chi connectivity index (χ2v) is 12.9. The molecule has 10 nitrogen and oxygen atoms in total. The zero-order valence-electron chi connectivity index (χ0n) is 18.4. The Bertz CT molecular complexity index is 888. The van der Waals surface area contributed by atoms with Gasteiger partial charge in [0, 0.05) is 19.8 Å². The number of rotatable bonds is 12. The van der Waals surface area contributed by atoms with Gasteiger partial charge < -0.3 is 30.7 Å². The van der Waals surface area contributed by atoms with Crippen LogP contribution in [0.3, 0.4) is 0 Å². The molecule has 174 valence electrons. The molecule has 2 aromatic rings. The Labute approximate surface area is 183 Å². The van der Waals surface area contributed by atoms with Crippen molar-refractivity contribution in [3.63, 3.8) is 0 Å². The third kappa shape index (κ3) is 6.25. The molecule has 0 bridgehead atoms. The highest BCUT2D eigenvalue weighted by Gasteiger charge is 2.44. The number of aliphatic hydroxyl groups excluding tert-OH is 2. The standard InChI is InChI=1S/C20H35N6O4P/c1-31(2,3)11-6-14-16(27)17(28)20(30-14)26-13-25-15-18(23-12-24-19(15)26)22-8-5-10-29-9-4-7-21/h12-14,16-17,20,27-28H,1,4-11,21H2,2-3H3,(H,22,23,24)/t14-,16-,17-,20?/m1/s1. The monoisotopic (exact) mass is 454 g/mol. The van der Waals surface area contributed by atoms with Crippen LogP contribution in [-0.4, -0.2) is 100 Å². The number of hydrogen-bond acceptors (Lipinski definition) is 9. The highest BCUT2D eigenvalue weighted by Crippen LogP contribution is 2.40. The lowest BCUT2D eigenvalue weighted by Crippen LogP contribution is -2.31. The van der Waals surface area contributed by atoms with Gasteiger partial charge >= 0.3 is 0 Å². The zero-order chi connectivity index (χ0) is 22.4. The van der Waals surface area contributed by atoms with Crippen molar-refractivity contribution in [1.29, 1.82) is 0 Å². The van der Waals surface area contributed by atoms with Crippen LogP contribution in [-0.2, 0) is 9.47 Å². The maximum absolute atomic E-state index is 10.6. The third-order valence-corrected chi connectivity index (χ3v) is 6.71. The van der Waals surface area contributed by atoms with Crippen LogP contribution >= 0.6 is 6.89 Å². The van der Waals surface area contributed by atoms with Crippen molar-refractivity contribution < 1.29 is 19.7 Å². The third-order valence-electron chi connectivity index (χ3n) is 5.24. The molecule has 0 saturated carbocycles. The molecule has 1 fully saturated rings. The lowest BCUT2D eigenvalue weighted by Gasteiger charge is -2.18. The number of fused-ring (bicyclic) bond motifs is 1. The summed E-state index contributed by atoms with van der Waals surface area (Å²) in [6.45, 7) is 5.66. The molecule has 0 aliphatic carbocycles. The van der Waals surface area contributed by atoms with Gasteiger partial charge in [-0.2, -0.15) is 0 Å². The van der Waals surface area contributed by atoms with E-state index in [0.29, 0.717) is 49.7 Å². The molecule has 1 aliphatic heterocycles. The van der Waals surface area contributed by atoms with Gasteiger partial charge in [-0.1, -0.05) is 0 Å². The fourth-order valence-corrected chi connectivity index (χ4v) is 4.46. The Morgan fingerprint density at radius 2 is 2.00 bits per heavy atom. The Kier molecular flexibility index (Phi) is 8.43. The zero-order valence-corrected chi connectivity index (χ0v) is 19.2. The van der Waals surface area contributed by atoms with Gasteiger partial charge in [0.15, 0.2) is 23.2 Å². The second-order valence-electron chi connectivity index (χ2n) is 8.58. The number of anilines is 1. The Balaban J connectivity index is 1.64. The van der Waals surface area contributed by atoms with Crippen molar-refractivity contribution in [2.24, 2.45) is 5.73 Å². The fraction of sp³-hybridized carbons (Fsp3) is 0.700. The van der Waals surface area contributed by atoms with E-state index in [1.54, 1.807) is 10.9 Å². The lowest BCUT2D eigenvalue weighted by atomic mass is 10.1. The summed E-state index contributed by atoms with van der Waals surface area (Å²) in [6.07, 6.45) is 7.20. The molecule has 0 radical (unpaired) electrons. The van der Waals surface area contributed by atoms with Gasteiger partial charge in [-0.15, -0.1) is 13.2 Å². The molecule has 0 spiro atoms. The number of nitrogens with one attached hydrogen (secondary N) is 1. The fourth-order valence-electron chi connectivity index (χ4n) is 3.51. The van der Waals surface area contributed by atoms with E-state index in [1.807, 2.05) is 0 Å². The SMILES string of the molecule is C=P(C)(C)CC[C@H]1OC(n2cnc3c(NCCCOCCCN)ncnc32)[C@H](O)[C@@H]1O. The van der Waals surface area contributed by atoms with Crippen LogP contribution < -0.4 is 11.1 Å². The predicted octanol–water partition coefficient (Wildman–Crippen LogP) is 0.712. The number of nitrogens with two attached hydrogens (primary N) is 1. The molecule has 3 rings (SSSR count). The van der Waals surface area contributed by atoms with Crippen LogP contribution in [0.2, 0.25) is 0 Å². The highest BCUT2D eigenvalue weighted by atomic mass is 31.2. The van der Waals surface area contributed by atoms with Gasteiger partial charge in [-0.05, 0) is 45.3 Å². The minimum Gasteiger partial charge on any atom is -0.388 e.